The molecule has 0 radical (unpaired) electrons. The summed E-state index contributed by atoms with van der Waals surface area (Å²) in [4.78, 5) is 4.08. The summed E-state index contributed by atoms with van der Waals surface area (Å²) in [6.45, 7) is 0. The zero-order valence-electron chi connectivity index (χ0n) is 7.03. The van der Waals surface area contributed by atoms with Crippen molar-refractivity contribution < 1.29 is 0 Å². The summed E-state index contributed by atoms with van der Waals surface area (Å²) in [7, 11) is 1.89. The third-order valence-electron chi connectivity index (χ3n) is 1.37. The summed E-state index contributed by atoms with van der Waals surface area (Å²) in [6.07, 6.45) is 8.56. The quantitative estimate of drug-likeness (QED) is 0.399. The Bertz CT molecular complexity index is 274. The topological polar surface area (TPSA) is 30.7 Å². The van der Waals surface area contributed by atoms with Gasteiger partial charge >= 0.3 is 0 Å². The number of hydrogen-bond donors (Lipinski definition) is 0. The molecule has 0 aliphatic rings. The Morgan fingerprint density at radius 1 is 1.75 bits per heavy atom. The lowest BCUT2D eigenvalue weighted by Crippen LogP contribution is -1.93. The minimum atomic E-state index is 0.838. The van der Waals surface area contributed by atoms with Crippen molar-refractivity contribution in [2.24, 2.45) is 7.05 Å². The predicted molar refractivity (Wildman–Crippen MR) is 49.8 cm³/mol. The number of terminal acetylenes is 1. The summed E-state index contributed by atoms with van der Waals surface area (Å²) in [5.41, 5.74) is 0. The van der Waals surface area contributed by atoms with Crippen LogP contribution in [0.3, 0.4) is 0 Å². The van der Waals surface area contributed by atoms with Crippen LogP contribution in [0.25, 0.3) is 0 Å². The number of unbranched alkanes of at least 4 members (excludes halogenated alkanes) is 1. The number of rotatable bonds is 4. The highest BCUT2D eigenvalue weighted by atomic mass is 32.2. The predicted octanol–water partition coefficient (Wildman–Crippen LogP) is 1.32. The Balaban J connectivity index is 2.25. The van der Waals surface area contributed by atoms with E-state index in [1.165, 1.54) is 0 Å². The minimum absolute atomic E-state index is 0.838. The molecule has 4 heteroatoms. The van der Waals surface area contributed by atoms with Gasteiger partial charge in [0.1, 0.15) is 6.33 Å². The smallest absolute Gasteiger partial charge is 0.185 e. The lowest BCUT2D eigenvalue weighted by molar-refractivity contribution is 0.685. The average molecular weight is 181 g/mol. The van der Waals surface area contributed by atoms with E-state index in [9.17, 15) is 0 Å². The molecule has 0 amide bonds. The first-order chi connectivity index (χ1) is 5.84. The van der Waals surface area contributed by atoms with E-state index in [0.717, 1.165) is 23.8 Å². The van der Waals surface area contributed by atoms with E-state index in [1.54, 1.807) is 22.8 Å². The molecule has 0 saturated carbocycles. The van der Waals surface area contributed by atoms with Gasteiger partial charge in [0.2, 0.25) is 0 Å². The zero-order chi connectivity index (χ0) is 8.81. The molecule has 0 fully saturated rings. The van der Waals surface area contributed by atoms with Crippen LogP contribution in [0, 0.1) is 12.3 Å². The molecule has 12 heavy (non-hydrogen) atoms. The molecular weight excluding hydrogens is 170 g/mol. The highest BCUT2D eigenvalue weighted by Crippen LogP contribution is 2.14. The minimum Gasteiger partial charge on any atom is -0.244 e. The van der Waals surface area contributed by atoms with Crippen LogP contribution in [0.15, 0.2) is 11.5 Å². The van der Waals surface area contributed by atoms with Crippen molar-refractivity contribution in [2.45, 2.75) is 18.0 Å². The van der Waals surface area contributed by atoms with Gasteiger partial charge in [-0.2, -0.15) is 5.10 Å². The van der Waals surface area contributed by atoms with Crippen LogP contribution in [0.1, 0.15) is 12.8 Å². The highest BCUT2D eigenvalue weighted by Gasteiger charge is 1.98. The van der Waals surface area contributed by atoms with Crippen molar-refractivity contribution >= 4 is 11.8 Å². The average Bonchev–Trinajstić information content (AvgIpc) is 2.46. The first-order valence-corrected chi connectivity index (χ1v) is 4.73. The fraction of sp³-hybridized carbons (Fsp3) is 0.500. The van der Waals surface area contributed by atoms with Crippen molar-refractivity contribution in [3.8, 4) is 12.3 Å². The largest absolute Gasteiger partial charge is 0.244 e. The van der Waals surface area contributed by atoms with Gasteiger partial charge in [-0.15, -0.1) is 12.3 Å². The molecule has 1 aromatic rings. The molecule has 64 valence electrons. The third-order valence-corrected chi connectivity index (χ3v) is 2.49. The van der Waals surface area contributed by atoms with Gasteiger partial charge in [-0.25, -0.2) is 9.67 Å². The van der Waals surface area contributed by atoms with Gasteiger partial charge in [0.15, 0.2) is 5.16 Å². The summed E-state index contributed by atoms with van der Waals surface area (Å²) in [5.74, 6) is 3.62. The maximum Gasteiger partial charge on any atom is 0.185 e. The van der Waals surface area contributed by atoms with Crippen molar-refractivity contribution in [3.05, 3.63) is 6.33 Å². The molecule has 1 heterocycles. The van der Waals surface area contributed by atoms with Gasteiger partial charge in [0.05, 0.1) is 0 Å². The molecule has 0 aliphatic heterocycles. The summed E-state index contributed by atoms with van der Waals surface area (Å²) in [5, 5.41) is 4.91. The standard InChI is InChI=1S/C8H11N3S/c1-3-4-5-6-12-8-9-7-10-11(8)2/h1,7H,4-6H2,2H3. The van der Waals surface area contributed by atoms with Crippen LogP contribution >= 0.6 is 11.8 Å². The molecule has 0 N–H and O–H groups in total. The van der Waals surface area contributed by atoms with Gasteiger partial charge in [-0.1, -0.05) is 11.8 Å². The first kappa shape index (κ1) is 9.14. The molecule has 0 unspecified atom stereocenters. The zero-order valence-corrected chi connectivity index (χ0v) is 7.84. The van der Waals surface area contributed by atoms with E-state index in [0.29, 0.717) is 0 Å². The van der Waals surface area contributed by atoms with Crippen LogP contribution in [0.5, 0.6) is 0 Å². The van der Waals surface area contributed by atoms with E-state index in [4.69, 9.17) is 6.42 Å². The molecular formula is C8H11N3S. The molecule has 1 rings (SSSR count). The molecule has 0 aliphatic carbocycles. The second-order valence-electron chi connectivity index (χ2n) is 2.32. The van der Waals surface area contributed by atoms with Crippen LogP contribution in [-0.2, 0) is 7.05 Å². The highest BCUT2D eigenvalue weighted by molar-refractivity contribution is 7.99. The molecule has 0 aromatic carbocycles. The van der Waals surface area contributed by atoms with E-state index in [1.807, 2.05) is 7.05 Å². The van der Waals surface area contributed by atoms with E-state index in [-0.39, 0.29) is 0 Å². The number of thioether (sulfide) groups is 1. The van der Waals surface area contributed by atoms with Gasteiger partial charge in [0.25, 0.3) is 0 Å². The molecule has 0 spiro atoms. The molecule has 3 nitrogen and oxygen atoms in total. The van der Waals surface area contributed by atoms with E-state index in [2.05, 4.69) is 16.0 Å². The fourth-order valence-corrected chi connectivity index (χ4v) is 1.58. The number of aryl methyl sites for hydroxylation is 1. The number of nitrogens with zero attached hydrogens (tertiary/aromatic N) is 3. The molecule has 1 aromatic heterocycles. The Morgan fingerprint density at radius 3 is 3.17 bits per heavy atom. The second-order valence-corrected chi connectivity index (χ2v) is 3.38. The SMILES string of the molecule is C#CCCCSc1ncnn1C. The van der Waals surface area contributed by atoms with Crippen molar-refractivity contribution in [1.29, 1.82) is 0 Å². The van der Waals surface area contributed by atoms with Crippen LogP contribution < -0.4 is 0 Å². The van der Waals surface area contributed by atoms with Crippen LogP contribution in [0.4, 0.5) is 0 Å². The first-order valence-electron chi connectivity index (χ1n) is 3.75. The molecule has 0 saturated heterocycles. The third kappa shape index (κ3) is 2.59. The number of aromatic nitrogens is 3. The van der Waals surface area contributed by atoms with Gasteiger partial charge < -0.3 is 0 Å². The van der Waals surface area contributed by atoms with Gasteiger partial charge in [0, 0.05) is 19.2 Å². The summed E-state index contributed by atoms with van der Waals surface area (Å²) >= 11 is 1.69. The molecule has 0 bridgehead atoms. The number of hydrogen-bond acceptors (Lipinski definition) is 3. The van der Waals surface area contributed by atoms with Gasteiger partial charge in [-0.3, -0.25) is 0 Å². The maximum absolute atomic E-state index is 5.13. The monoisotopic (exact) mass is 181 g/mol. The van der Waals surface area contributed by atoms with Crippen molar-refractivity contribution in [1.82, 2.24) is 14.8 Å². The molecule has 0 atom stereocenters. The van der Waals surface area contributed by atoms with Gasteiger partial charge in [-0.05, 0) is 6.42 Å². The Kier molecular flexibility index (Phi) is 3.68. The van der Waals surface area contributed by atoms with E-state index >= 15 is 0 Å². The summed E-state index contributed by atoms with van der Waals surface area (Å²) < 4.78 is 1.76. The Morgan fingerprint density at radius 2 is 2.58 bits per heavy atom. The Labute approximate surface area is 76.6 Å². The van der Waals surface area contributed by atoms with Crippen LogP contribution in [-0.4, -0.2) is 20.5 Å². The summed E-state index contributed by atoms with van der Waals surface area (Å²) in [6, 6.07) is 0. The fourth-order valence-electron chi connectivity index (χ4n) is 0.754. The maximum atomic E-state index is 5.13. The second kappa shape index (κ2) is 4.83. The lowest BCUT2D eigenvalue weighted by atomic mass is 10.4. The normalized spacial score (nSPS) is 9.67. The van der Waals surface area contributed by atoms with Crippen molar-refractivity contribution in [3.63, 3.8) is 0 Å². The lowest BCUT2D eigenvalue weighted by Gasteiger charge is -1.97. The Hall–Kier alpha value is -0.950. The van der Waals surface area contributed by atoms with Crippen molar-refractivity contribution in [2.75, 3.05) is 5.75 Å². The van der Waals surface area contributed by atoms with E-state index < -0.39 is 0 Å². The van der Waals surface area contributed by atoms with Crippen LogP contribution in [0.2, 0.25) is 0 Å².